The topological polar surface area (TPSA) is 74.3 Å². The number of alkyl halides is 3. The molecule has 158 valence electrons. The molecule has 0 heterocycles. The molecule has 4 nitrogen and oxygen atoms in total. The van der Waals surface area contributed by atoms with Crippen LogP contribution < -0.4 is 0 Å². The van der Waals surface area contributed by atoms with Gasteiger partial charge in [0.2, 0.25) is 0 Å². The van der Waals surface area contributed by atoms with Gasteiger partial charge < -0.3 is 4.55 Å². The Balaban J connectivity index is 2.77. The Kier molecular flexibility index (Phi) is 6.15. The summed E-state index contributed by atoms with van der Waals surface area (Å²) in [5, 5.41) is 0. The molecule has 0 spiro atoms. The zero-order chi connectivity index (χ0) is 22.3. The molecule has 0 amide bonds. The zero-order valence-electron chi connectivity index (χ0n) is 14.9. The molecular formula is C18H13F6O4S-. The van der Waals surface area contributed by atoms with Gasteiger partial charge in [0.15, 0.2) is 23.2 Å². The van der Waals surface area contributed by atoms with Gasteiger partial charge in [0.05, 0.1) is 5.56 Å². The Labute approximate surface area is 161 Å². The Morgan fingerprint density at radius 1 is 1.03 bits per heavy atom. The predicted molar refractivity (Wildman–Crippen MR) is 87.9 cm³/mol. The highest BCUT2D eigenvalue weighted by Gasteiger charge is 2.44. The van der Waals surface area contributed by atoms with E-state index in [2.05, 4.69) is 0 Å². The molecule has 0 fully saturated rings. The summed E-state index contributed by atoms with van der Waals surface area (Å²) in [6, 6.07) is 5.00. The van der Waals surface area contributed by atoms with Crippen molar-refractivity contribution in [1.82, 2.24) is 0 Å². The van der Waals surface area contributed by atoms with Crippen LogP contribution >= 0.6 is 0 Å². The van der Waals surface area contributed by atoms with Gasteiger partial charge in [-0.2, -0.15) is 13.2 Å². The van der Waals surface area contributed by atoms with Gasteiger partial charge in [-0.25, -0.2) is 21.6 Å². The SMILES string of the molecule is CCC(C)c1ccc(C(=O)c2c(F)c(F)c(S(=O)(=O)[O-])c(C(F)(F)F)c2F)cc1. The molecule has 0 aliphatic rings. The zero-order valence-corrected chi connectivity index (χ0v) is 15.7. The van der Waals surface area contributed by atoms with E-state index in [1.165, 1.54) is 12.1 Å². The summed E-state index contributed by atoms with van der Waals surface area (Å²) in [7, 11) is -6.25. The maximum Gasteiger partial charge on any atom is 0.420 e. The van der Waals surface area contributed by atoms with Crippen LogP contribution in [-0.4, -0.2) is 18.8 Å². The molecule has 2 aromatic carbocycles. The molecule has 0 saturated carbocycles. The lowest BCUT2D eigenvalue weighted by atomic mass is 9.94. The van der Waals surface area contributed by atoms with Crippen molar-refractivity contribution in [3.63, 3.8) is 0 Å². The molecule has 1 atom stereocenters. The largest absolute Gasteiger partial charge is 0.744 e. The monoisotopic (exact) mass is 439 g/mol. The smallest absolute Gasteiger partial charge is 0.420 e. The van der Waals surface area contributed by atoms with Crippen LogP contribution in [0.25, 0.3) is 0 Å². The Hall–Kier alpha value is -2.40. The van der Waals surface area contributed by atoms with Crippen molar-refractivity contribution in [1.29, 1.82) is 0 Å². The summed E-state index contributed by atoms with van der Waals surface area (Å²) < 4.78 is 115. The molecule has 0 radical (unpaired) electrons. The van der Waals surface area contributed by atoms with Crippen LogP contribution in [0.4, 0.5) is 26.3 Å². The second-order valence-corrected chi connectivity index (χ2v) is 7.55. The third-order valence-corrected chi connectivity index (χ3v) is 5.28. The van der Waals surface area contributed by atoms with Crippen molar-refractivity contribution in [3.8, 4) is 0 Å². The highest BCUT2D eigenvalue weighted by molar-refractivity contribution is 7.85. The van der Waals surface area contributed by atoms with Gasteiger partial charge in [0, 0.05) is 5.56 Å². The maximum atomic E-state index is 14.4. The van der Waals surface area contributed by atoms with Crippen LogP contribution in [0.1, 0.15) is 53.2 Å². The van der Waals surface area contributed by atoms with Crippen molar-refractivity contribution in [2.75, 3.05) is 0 Å². The predicted octanol–water partition coefficient (Wildman–Crippen LogP) is 4.77. The Bertz CT molecular complexity index is 1060. The van der Waals surface area contributed by atoms with Crippen LogP contribution in [0.15, 0.2) is 29.2 Å². The fourth-order valence-corrected chi connectivity index (χ4v) is 3.43. The van der Waals surface area contributed by atoms with E-state index in [9.17, 15) is 44.1 Å². The average Bonchev–Trinajstić information content (AvgIpc) is 2.61. The van der Waals surface area contributed by atoms with Crippen LogP contribution in [0.3, 0.4) is 0 Å². The van der Waals surface area contributed by atoms with Gasteiger partial charge in [-0.05, 0) is 17.9 Å². The van der Waals surface area contributed by atoms with Crippen LogP contribution in [-0.2, 0) is 16.3 Å². The minimum absolute atomic E-state index is 0.0587. The van der Waals surface area contributed by atoms with E-state index >= 15 is 0 Å². The van der Waals surface area contributed by atoms with Crippen molar-refractivity contribution in [3.05, 3.63) is 64.0 Å². The van der Waals surface area contributed by atoms with Crippen molar-refractivity contribution in [2.24, 2.45) is 0 Å². The molecule has 0 aliphatic heterocycles. The van der Waals surface area contributed by atoms with Gasteiger partial charge in [0.1, 0.15) is 20.6 Å². The van der Waals surface area contributed by atoms with E-state index in [4.69, 9.17) is 0 Å². The first-order chi connectivity index (χ1) is 13.2. The van der Waals surface area contributed by atoms with E-state index in [1.807, 2.05) is 13.8 Å². The number of rotatable bonds is 5. The first-order valence-corrected chi connectivity index (χ1v) is 9.50. The van der Waals surface area contributed by atoms with Crippen molar-refractivity contribution >= 4 is 15.9 Å². The summed E-state index contributed by atoms with van der Waals surface area (Å²) in [6.45, 7) is 3.73. The van der Waals surface area contributed by atoms with Gasteiger partial charge in [-0.15, -0.1) is 0 Å². The van der Waals surface area contributed by atoms with Gasteiger partial charge in [-0.3, -0.25) is 4.79 Å². The summed E-state index contributed by atoms with van der Waals surface area (Å²) in [5.74, 6) is -9.53. The second-order valence-electron chi connectivity index (χ2n) is 6.23. The van der Waals surface area contributed by atoms with Crippen LogP contribution in [0, 0.1) is 17.5 Å². The number of halogens is 6. The first-order valence-electron chi connectivity index (χ1n) is 8.09. The number of benzene rings is 2. The number of hydrogen-bond acceptors (Lipinski definition) is 4. The van der Waals surface area contributed by atoms with Crippen molar-refractivity contribution in [2.45, 2.75) is 37.3 Å². The summed E-state index contributed by atoms with van der Waals surface area (Å²) in [4.78, 5) is 9.66. The van der Waals surface area contributed by atoms with Gasteiger partial charge in [0.25, 0.3) is 0 Å². The standard InChI is InChI=1S/C18H14F6O4S/c1-3-8(2)9-4-6-10(7-5-9)16(25)11-13(19)12(18(22,23)24)17(29(26,27)28)15(21)14(11)20/h4-8H,3H2,1-2H3,(H,26,27,28)/p-1. The molecule has 0 bridgehead atoms. The highest BCUT2D eigenvalue weighted by Crippen LogP contribution is 2.40. The second kappa shape index (κ2) is 7.79. The fourth-order valence-electron chi connectivity index (χ4n) is 2.67. The third kappa shape index (κ3) is 4.30. The van der Waals surface area contributed by atoms with Crippen LogP contribution in [0.2, 0.25) is 0 Å². The molecule has 1 unspecified atom stereocenters. The number of carbonyl (C=O) groups excluding carboxylic acids is 1. The van der Waals surface area contributed by atoms with Gasteiger partial charge >= 0.3 is 6.18 Å². The number of carbonyl (C=O) groups is 1. The molecule has 0 aliphatic carbocycles. The Morgan fingerprint density at radius 3 is 1.97 bits per heavy atom. The van der Waals surface area contributed by atoms with Crippen LogP contribution in [0.5, 0.6) is 0 Å². The molecular weight excluding hydrogens is 426 g/mol. The number of ketones is 1. The van der Waals surface area contributed by atoms with E-state index < -0.39 is 61.1 Å². The summed E-state index contributed by atoms with van der Waals surface area (Å²) in [5.41, 5.74) is -4.52. The quantitative estimate of drug-likeness (QED) is 0.291. The lowest BCUT2D eigenvalue weighted by molar-refractivity contribution is -0.142. The van der Waals surface area contributed by atoms with E-state index in [1.54, 1.807) is 0 Å². The lowest BCUT2D eigenvalue weighted by Gasteiger charge is -2.19. The third-order valence-electron chi connectivity index (χ3n) is 4.39. The summed E-state index contributed by atoms with van der Waals surface area (Å²) in [6.07, 6.45) is -5.16. The van der Waals surface area contributed by atoms with E-state index in [-0.39, 0.29) is 5.92 Å². The summed E-state index contributed by atoms with van der Waals surface area (Å²) >= 11 is 0. The fraction of sp³-hybridized carbons (Fsp3) is 0.278. The molecule has 29 heavy (non-hydrogen) atoms. The first kappa shape index (κ1) is 22.9. The molecule has 2 aromatic rings. The average molecular weight is 439 g/mol. The minimum atomic E-state index is -6.25. The van der Waals surface area contributed by atoms with E-state index in [0.717, 1.165) is 24.1 Å². The normalized spacial score (nSPS) is 13.4. The minimum Gasteiger partial charge on any atom is -0.744 e. The van der Waals surface area contributed by atoms with Gasteiger partial charge in [-0.1, -0.05) is 38.1 Å². The molecule has 11 heteroatoms. The number of hydrogen-bond donors (Lipinski definition) is 0. The molecule has 0 N–H and O–H groups in total. The Morgan fingerprint density at radius 2 is 1.55 bits per heavy atom. The van der Waals surface area contributed by atoms with Crippen molar-refractivity contribution < 1.29 is 44.1 Å². The molecule has 2 rings (SSSR count). The maximum absolute atomic E-state index is 14.4. The van der Waals surface area contributed by atoms with E-state index in [0.29, 0.717) is 0 Å². The lowest BCUT2D eigenvalue weighted by Crippen LogP contribution is -2.23. The highest BCUT2D eigenvalue weighted by atomic mass is 32.2. The molecule has 0 saturated heterocycles. The molecule has 0 aromatic heterocycles.